The monoisotopic (exact) mass is 220 g/mol. The highest BCUT2D eigenvalue weighted by Gasteiger charge is 2.07. The number of aromatic nitrogens is 1. The van der Waals surface area contributed by atoms with Crippen LogP contribution in [0.1, 0.15) is 0 Å². The summed E-state index contributed by atoms with van der Waals surface area (Å²) >= 11 is 0. The van der Waals surface area contributed by atoms with Crippen LogP contribution in [0.3, 0.4) is 0 Å². The zero-order valence-electron chi connectivity index (χ0n) is 8.92. The summed E-state index contributed by atoms with van der Waals surface area (Å²) in [5, 5.41) is 0. The van der Waals surface area contributed by atoms with E-state index in [2.05, 4.69) is 9.83 Å². The standard InChI is InChI=1S/C14H8N2O/c1-15-11-7-8-13-12(9-11)16-14(17-13)10-5-3-2-4-6-10/h2-9H. The molecule has 0 N–H and O–H groups in total. The van der Waals surface area contributed by atoms with Gasteiger partial charge in [0, 0.05) is 5.56 Å². The molecular formula is C14H8N2O. The van der Waals surface area contributed by atoms with E-state index >= 15 is 0 Å². The predicted octanol–water partition coefficient (Wildman–Crippen LogP) is 4.05. The van der Waals surface area contributed by atoms with E-state index < -0.39 is 0 Å². The second-order valence-electron chi connectivity index (χ2n) is 3.65. The van der Waals surface area contributed by atoms with Gasteiger partial charge in [-0.05, 0) is 24.3 Å². The Balaban J connectivity index is 2.18. The van der Waals surface area contributed by atoms with Gasteiger partial charge in [-0.15, -0.1) is 0 Å². The number of nitrogens with zero attached hydrogens (tertiary/aromatic N) is 2. The van der Waals surface area contributed by atoms with Gasteiger partial charge in [0.15, 0.2) is 11.3 Å². The van der Waals surface area contributed by atoms with E-state index in [4.69, 9.17) is 11.0 Å². The van der Waals surface area contributed by atoms with Crippen LogP contribution in [0, 0.1) is 6.57 Å². The summed E-state index contributed by atoms with van der Waals surface area (Å²) in [6.45, 7) is 6.96. The molecule has 0 amide bonds. The Hall–Kier alpha value is -2.60. The number of rotatable bonds is 1. The summed E-state index contributed by atoms with van der Waals surface area (Å²) in [7, 11) is 0. The fourth-order valence-electron chi connectivity index (χ4n) is 1.69. The van der Waals surface area contributed by atoms with E-state index in [9.17, 15) is 0 Å². The molecule has 1 aromatic heterocycles. The van der Waals surface area contributed by atoms with Crippen molar-refractivity contribution in [2.45, 2.75) is 0 Å². The lowest BCUT2D eigenvalue weighted by Crippen LogP contribution is -1.74. The maximum Gasteiger partial charge on any atom is 0.227 e. The molecule has 0 fully saturated rings. The summed E-state index contributed by atoms with van der Waals surface area (Å²) in [6.07, 6.45) is 0. The van der Waals surface area contributed by atoms with Crippen LogP contribution in [-0.4, -0.2) is 4.98 Å². The first-order valence-corrected chi connectivity index (χ1v) is 5.20. The molecule has 0 spiro atoms. The first-order valence-electron chi connectivity index (χ1n) is 5.20. The quantitative estimate of drug-likeness (QED) is 0.579. The van der Waals surface area contributed by atoms with Gasteiger partial charge in [0.05, 0.1) is 12.1 Å². The van der Waals surface area contributed by atoms with E-state index in [1.54, 1.807) is 18.2 Å². The Labute approximate surface area is 98.2 Å². The number of hydrogen-bond donors (Lipinski definition) is 0. The molecule has 17 heavy (non-hydrogen) atoms. The average molecular weight is 220 g/mol. The van der Waals surface area contributed by atoms with Crippen molar-refractivity contribution < 1.29 is 4.42 Å². The molecule has 80 valence electrons. The molecule has 0 aliphatic rings. The molecule has 0 aliphatic carbocycles. The van der Waals surface area contributed by atoms with Crippen LogP contribution in [0.4, 0.5) is 5.69 Å². The molecule has 0 radical (unpaired) electrons. The topological polar surface area (TPSA) is 30.4 Å². The minimum atomic E-state index is 0.574. The van der Waals surface area contributed by atoms with Crippen LogP contribution in [-0.2, 0) is 0 Å². The van der Waals surface area contributed by atoms with Crippen LogP contribution >= 0.6 is 0 Å². The lowest BCUT2D eigenvalue weighted by Gasteiger charge is -1.91. The molecule has 0 bridgehead atoms. The van der Waals surface area contributed by atoms with Gasteiger partial charge >= 0.3 is 0 Å². The summed E-state index contributed by atoms with van der Waals surface area (Å²) in [4.78, 5) is 7.75. The molecule has 3 nitrogen and oxygen atoms in total. The van der Waals surface area contributed by atoms with E-state index in [-0.39, 0.29) is 0 Å². The molecule has 3 rings (SSSR count). The van der Waals surface area contributed by atoms with Gasteiger partial charge in [0.1, 0.15) is 0 Å². The van der Waals surface area contributed by atoms with Gasteiger partial charge in [0.25, 0.3) is 0 Å². The van der Waals surface area contributed by atoms with Crippen LogP contribution < -0.4 is 0 Å². The first-order chi connectivity index (χ1) is 8.36. The Morgan fingerprint density at radius 1 is 1.06 bits per heavy atom. The number of fused-ring (bicyclic) bond motifs is 1. The average Bonchev–Trinajstić information content (AvgIpc) is 2.82. The zero-order chi connectivity index (χ0) is 11.7. The van der Waals surface area contributed by atoms with Crippen molar-refractivity contribution in [3.05, 3.63) is 59.9 Å². The molecule has 0 atom stereocenters. The molecule has 0 saturated carbocycles. The third-order valence-corrected chi connectivity index (χ3v) is 2.52. The Morgan fingerprint density at radius 2 is 1.88 bits per heavy atom. The predicted molar refractivity (Wildman–Crippen MR) is 65.7 cm³/mol. The van der Waals surface area contributed by atoms with Crippen molar-refractivity contribution >= 4 is 16.8 Å². The molecule has 3 heteroatoms. The highest BCUT2D eigenvalue weighted by molar-refractivity contribution is 5.80. The van der Waals surface area contributed by atoms with Crippen molar-refractivity contribution in [3.63, 3.8) is 0 Å². The van der Waals surface area contributed by atoms with Crippen molar-refractivity contribution in [2.75, 3.05) is 0 Å². The van der Waals surface area contributed by atoms with Gasteiger partial charge in [0.2, 0.25) is 5.89 Å². The number of oxazole rings is 1. The van der Waals surface area contributed by atoms with E-state index in [1.807, 2.05) is 30.3 Å². The fourth-order valence-corrected chi connectivity index (χ4v) is 1.69. The van der Waals surface area contributed by atoms with E-state index in [1.165, 1.54) is 0 Å². The SMILES string of the molecule is [C-]#[N+]c1ccc2oc(-c3ccccc3)nc2c1. The molecular weight excluding hydrogens is 212 g/mol. The maximum absolute atomic E-state index is 6.96. The first kappa shape index (κ1) is 9.61. The molecule has 0 aliphatic heterocycles. The molecule has 0 saturated heterocycles. The largest absolute Gasteiger partial charge is 0.436 e. The van der Waals surface area contributed by atoms with E-state index in [0.29, 0.717) is 17.2 Å². The van der Waals surface area contributed by atoms with Crippen molar-refractivity contribution in [2.24, 2.45) is 0 Å². The molecule has 2 aromatic carbocycles. The Bertz CT molecular complexity index is 708. The summed E-state index contributed by atoms with van der Waals surface area (Å²) in [5.74, 6) is 0.586. The third-order valence-electron chi connectivity index (χ3n) is 2.52. The van der Waals surface area contributed by atoms with Gasteiger partial charge in [-0.2, -0.15) is 0 Å². The number of benzene rings is 2. The van der Waals surface area contributed by atoms with Crippen LogP contribution in [0.15, 0.2) is 52.9 Å². The van der Waals surface area contributed by atoms with Crippen molar-refractivity contribution in [1.82, 2.24) is 4.98 Å². The highest BCUT2D eigenvalue weighted by Crippen LogP contribution is 2.26. The molecule has 1 heterocycles. The summed E-state index contributed by atoms with van der Waals surface area (Å²) in [6, 6.07) is 15.0. The Morgan fingerprint density at radius 3 is 2.65 bits per heavy atom. The second kappa shape index (κ2) is 3.76. The van der Waals surface area contributed by atoms with Crippen LogP contribution in [0.25, 0.3) is 27.4 Å². The third kappa shape index (κ3) is 1.66. The molecule has 3 aromatic rings. The normalized spacial score (nSPS) is 10.3. The van der Waals surface area contributed by atoms with Crippen LogP contribution in [0.5, 0.6) is 0 Å². The lowest BCUT2D eigenvalue weighted by molar-refractivity contribution is 0.620. The van der Waals surface area contributed by atoms with Gasteiger partial charge in [-0.1, -0.05) is 24.3 Å². The highest BCUT2D eigenvalue weighted by atomic mass is 16.3. The smallest absolute Gasteiger partial charge is 0.227 e. The van der Waals surface area contributed by atoms with Crippen molar-refractivity contribution in [3.8, 4) is 11.5 Å². The minimum absolute atomic E-state index is 0.574. The molecule has 0 unspecified atom stereocenters. The summed E-state index contributed by atoms with van der Waals surface area (Å²) < 4.78 is 5.64. The second-order valence-corrected chi connectivity index (χ2v) is 3.65. The minimum Gasteiger partial charge on any atom is -0.436 e. The van der Waals surface area contributed by atoms with Crippen LogP contribution in [0.2, 0.25) is 0 Å². The van der Waals surface area contributed by atoms with Crippen molar-refractivity contribution in [1.29, 1.82) is 0 Å². The maximum atomic E-state index is 6.96. The zero-order valence-corrected chi connectivity index (χ0v) is 8.92. The summed E-state index contributed by atoms with van der Waals surface area (Å²) in [5.41, 5.74) is 2.94. The van der Waals surface area contributed by atoms with Gasteiger partial charge in [-0.3, -0.25) is 0 Å². The van der Waals surface area contributed by atoms with E-state index in [0.717, 1.165) is 11.1 Å². The van der Waals surface area contributed by atoms with Gasteiger partial charge < -0.3 is 4.42 Å². The van der Waals surface area contributed by atoms with Gasteiger partial charge in [-0.25, -0.2) is 9.83 Å². The lowest BCUT2D eigenvalue weighted by atomic mass is 10.2. The Kier molecular flexibility index (Phi) is 2.13. The fraction of sp³-hybridized carbons (Fsp3) is 0. The number of hydrogen-bond acceptors (Lipinski definition) is 2.